The van der Waals surface area contributed by atoms with E-state index in [4.69, 9.17) is 23.2 Å². The van der Waals surface area contributed by atoms with Crippen LogP contribution in [0.4, 0.5) is 0 Å². The van der Waals surface area contributed by atoms with Crippen molar-refractivity contribution in [2.24, 2.45) is 4.99 Å². The minimum atomic E-state index is 0. The first-order valence-corrected chi connectivity index (χ1v) is 8.05. The van der Waals surface area contributed by atoms with Gasteiger partial charge in [-0.3, -0.25) is 4.90 Å². The lowest BCUT2D eigenvalue weighted by Gasteiger charge is -2.26. The molecule has 1 saturated carbocycles. The van der Waals surface area contributed by atoms with Crippen molar-refractivity contribution in [1.29, 1.82) is 0 Å². The number of amidine groups is 1. The molecule has 0 unspecified atom stereocenters. The molecule has 110 valence electrons. The highest BCUT2D eigenvalue weighted by atomic mass is 79.9. The smallest absolute Gasteiger partial charge is 0.159 e. The van der Waals surface area contributed by atoms with Crippen LogP contribution in [0.2, 0.25) is 10.0 Å². The summed E-state index contributed by atoms with van der Waals surface area (Å²) in [5.74, 6) is 0.853. The van der Waals surface area contributed by atoms with Crippen molar-refractivity contribution in [3.63, 3.8) is 0 Å². The van der Waals surface area contributed by atoms with E-state index in [2.05, 4.69) is 15.2 Å². The largest absolute Gasteiger partial charge is 0.352 e. The van der Waals surface area contributed by atoms with Crippen molar-refractivity contribution in [3.05, 3.63) is 33.8 Å². The van der Waals surface area contributed by atoms with Gasteiger partial charge in [0.2, 0.25) is 0 Å². The number of hydrogen-bond donors (Lipinski definition) is 1. The molecule has 1 aliphatic carbocycles. The van der Waals surface area contributed by atoms with E-state index in [0.717, 1.165) is 35.9 Å². The van der Waals surface area contributed by atoms with E-state index >= 15 is 0 Å². The summed E-state index contributed by atoms with van der Waals surface area (Å²) in [4.78, 5) is 6.94. The fourth-order valence-corrected chi connectivity index (χ4v) is 3.11. The van der Waals surface area contributed by atoms with Gasteiger partial charge >= 0.3 is 0 Å². The highest BCUT2D eigenvalue weighted by molar-refractivity contribution is 8.93. The first-order chi connectivity index (χ1) is 9.22. The molecule has 0 amide bonds. The van der Waals surface area contributed by atoms with Gasteiger partial charge in [0.1, 0.15) is 0 Å². The molecule has 2 aliphatic rings. The van der Waals surface area contributed by atoms with Crippen LogP contribution < -0.4 is 5.32 Å². The summed E-state index contributed by atoms with van der Waals surface area (Å²) in [6.45, 7) is 1.74. The van der Waals surface area contributed by atoms with Crippen LogP contribution in [0.5, 0.6) is 0 Å². The summed E-state index contributed by atoms with van der Waals surface area (Å²) in [6.07, 6.45) is 2.64. The lowest BCUT2D eigenvalue weighted by atomic mass is 10.2. The van der Waals surface area contributed by atoms with Gasteiger partial charge in [0.05, 0.1) is 23.4 Å². The second kappa shape index (κ2) is 7.36. The summed E-state index contributed by atoms with van der Waals surface area (Å²) < 4.78 is 0. The molecule has 3 rings (SSSR count). The lowest BCUT2D eigenvalue weighted by molar-refractivity contribution is 0.256. The third kappa shape index (κ3) is 4.28. The fraction of sp³-hybridized carbons (Fsp3) is 0.462. The number of nitrogens with one attached hydrogen (secondary N) is 1. The molecule has 1 aromatic carbocycles. The Bertz CT molecular complexity index is 508. The summed E-state index contributed by atoms with van der Waals surface area (Å²) in [6, 6.07) is 6.51. The van der Waals surface area contributed by atoms with Crippen LogP contribution in [-0.2, 0) is 5.75 Å². The Kier molecular flexibility index (Phi) is 6.05. The minimum Gasteiger partial charge on any atom is -0.352 e. The molecule has 3 nitrogen and oxygen atoms in total. The van der Waals surface area contributed by atoms with Gasteiger partial charge in [-0.2, -0.15) is 0 Å². The highest BCUT2D eigenvalue weighted by Gasteiger charge is 2.30. The average molecular weight is 397 g/mol. The number of aliphatic imine (C=N–C) groups is 1. The monoisotopic (exact) mass is 395 g/mol. The van der Waals surface area contributed by atoms with Crippen molar-refractivity contribution in [2.75, 3.05) is 13.3 Å². The Morgan fingerprint density at radius 2 is 2.10 bits per heavy atom. The zero-order valence-corrected chi connectivity index (χ0v) is 14.9. The van der Waals surface area contributed by atoms with Gasteiger partial charge in [0.15, 0.2) is 5.17 Å². The number of rotatable bonds is 3. The Morgan fingerprint density at radius 3 is 2.70 bits per heavy atom. The first kappa shape index (κ1) is 16.4. The van der Waals surface area contributed by atoms with E-state index in [1.165, 1.54) is 12.8 Å². The molecule has 1 aromatic rings. The molecule has 0 radical (unpaired) electrons. The molecule has 0 aromatic heterocycles. The molecular formula is C13H16BrCl2N3S. The van der Waals surface area contributed by atoms with Crippen LogP contribution in [0.25, 0.3) is 0 Å². The van der Waals surface area contributed by atoms with Gasteiger partial charge in [0, 0.05) is 11.8 Å². The molecule has 7 heteroatoms. The number of thioether (sulfide) groups is 1. The van der Waals surface area contributed by atoms with E-state index in [1.54, 1.807) is 11.8 Å². The third-order valence-corrected chi connectivity index (χ3v) is 5.02. The number of benzene rings is 1. The minimum absolute atomic E-state index is 0. The summed E-state index contributed by atoms with van der Waals surface area (Å²) in [5, 5.41) is 5.59. The third-order valence-electron chi connectivity index (χ3n) is 3.25. The maximum atomic E-state index is 6.00. The van der Waals surface area contributed by atoms with Gasteiger partial charge in [-0.25, -0.2) is 4.99 Å². The van der Waals surface area contributed by atoms with Crippen molar-refractivity contribution in [1.82, 2.24) is 10.2 Å². The molecular weight excluding hydrogens is 381 g/mol. The number of hydrogen-bond acceptors (Lipinski definition) is 4. The van der Waals surface area contributed by atoms with Crippen molar-refractivity contribution in [2.45, 2.75) is 24.6 Å². The van der Waals surface area contributed by atoms with E-state index in [0.29, 0.717) is 10.0 Å². The lowest BCUT2D eigenvalue weighted by Crippen LogP contribution is -2.42. The molecule has 1 aliphatic heterocycles. The maximum Gasteiger partial charge on any atom is 0.159 e. The van der Waals surface area contributed by atoms with Crippen molar-refractivity contribution in [3.8, 4) is 0 Å². The Balaban J connectivity index is 0.00000147. The van der Waals surface area contributed by atoms with Crippen LogP contribution in [-0.4, -0.2) is 29.4 Å². The molecule has 1 heterocycles. The van der Waals surface area contributed by atoms with Crippen LogP contribution in [0.3, 0.4) is 0 Å². The second-order valence-electron chi connectivity index (χ2n) is 4.80. The van der Waals surface area contributed by atoms with E-state index < -0.39 is 0 Å². The Morgan fingerprint density at radius 1 is 1.30 bits per heavy atom. The van der Waals surface area contributed by atoms with E-state index in [9.17, 15) is 0 Å². The van der Waals surface area contributed by atoms with Crippen molar-refractivity contribution < 1.29 is 0 Å². The van der Waals surface area contributed by atoms with Crippen LogP contribution in [0.15, 0.2) is 23.2 Å². The Hall–Kier alpha value is 0.0600. The summed E-state index contributed by atoms with van der Waals surface area (Å²) >= 11 is 13.6. The van der Waals surface area contributed by atoms with Gasteiger partial charge < -0.3 is 5.32 Å². The molecule has 0 saturated heterocycles. The van der Waals surface area contributed by atoms with Gasteiger partial charge in [-0.15, -0.1) is 17.0 Å². The standard InChI is InChI=1S/C13H15Cl2N3S.BrH/c14-11-4-1-9(5-12(11)15)6-19-13-16-7-18(8-17-13)10-2-3-10;/h1,4-5,10H,2-3,6-8H2,(H,16,17);1H. The van der Waals surface area contributed by atoms with Crippen LogP contribution in [0, 0.1) is 0 Å². The van der Waals surface area contributed by atoms with Gasteiger partial charge in [-0.05, 0) is 30.5 Å². The van der Waals surface area contributed by atoms with E-state index in [1.807, 2.05) is 18.2 Å². The summed E-state index contributed by atoms with van der Waals surface area (Å²) in [5.41, 5.74) is 1.16. The molecule has 1 N–H and O–H groups in total. The highest BCUT2D eigenvalue weighted by Crippen LogP contribution is 2.28. The molecule has 20 heavy (non-hydrogen) atoms. The second-order valence-corrected chi connectivity index (χ2v) is 6.58. The molecule has 0 spiro atoms. The molecule has 1 fully saturated rings. The fourth-order valence-electron chi connectivity index (χ4n) is 1.99. The SMILES string of the molecule is Br.Clc1ccc(CSC2=NCN(C3CC3)CN2)cc1Cl. The first-order valence-electron chi connectivity index (χ1n) is 6.31. The average Bonchev–Trinajstić information content (AvgIpc) is 3.25. The normalized spacial score (nSPS) is 19.0. The van der Waals surface area contributed by atoms with Crippen molar-refractivity contribution >= 4 is 57.1 Å². The van der Waals surface area contributed by atoms with E-state index in [-0.39, 0.29) is 17.0 Å². The van der Waals surface area contributed by atoms with Crippen LogP contribution >= 0.6 is 51.9 Å². The molecule has 0 bridgehead atoms. The van der Waals surface area contributed by atoms with Crippen LogP contribution in [0.1, 0.15) is 18.4 Å². The zero-order chi connectivity index (χ0) is 13.2. The predicted molar refractivity (Wildman–Crippen MR) is 93.2 cm³/mol. The van der Waals surface area contributed by atoms with Gasteiger partial charge in [0.25, 0.3) is 0 Å². The zero-order valence-electron chi connectivity index (χ0n) is 10.8. The maximum absolute atomic E-state index is 6.00. The molecule has 0 atom stereocenters. The topological polar surface area (TPSA) is 27.6 Å². The predicted octanol–water partition coefficient (Wildman–Crippen LogP) is 4.14. The number of nitrogens with zero attached hydrogens (tertiary/aromatic N) is 2. The van der Waals surface area contributed by atoms with Gasteiger partial charge in [-0.1, -0.05) is 41.0 Å². The quantitative estimate of drug-likeness (QED) is 0.831. The number of halogens is 3. The Labute approximate surface area is 143 Å². The summed E-state index contributed by atoms with van der Waals surface area (Å²) in [7, 11) is 0.